The zero-order chi connectivity index (χ0) is 14.8. The zero-order valence-electron chi connectivity index (χ0n) is 11.2. The maximum absolute atomic E-state index is 13.6. The highest BCUT2D eigenvalue weighted by molar-refractivity contribution is 6.05. The second kappa shape index (κ2) is 5.61. The number of rotatable bonds is 2. The van der Waals surface area contributed by atoms with Crippen LogP contribution in [-0.4, -0.2) is 12.5 Å². The van der Waals surface area contributed by atoms with Crippen molar-refractivity contribution in [3.63, 3.8) is 0 Å². The number of carbonyl (C=O) groups is 1. The van der Waals surface area contributed by atoms with Crippen molar-refractivity contribution in [2.45, 2.75) is 13.0 Å². The quantitative estimate of drug-likeness (QED) is 0.892. The van der Waals surface area contributed by atoms with Gasteiger partial charge in [-0.25, -0.2) is 8.78 Å². The Kier molecular flexibility index (Phi) is 3.66. The van der Waals surface area contributed by atoms with E-state index in [0.29, 0.717) is 12.1 Å². The molecule has 0 unspecified atom stereocenters. The Labute approximate surface area is 121 Å². The van der Waals surface area contributed by atoms with Crippen LogP contribution in [0.1, 0.15) is 21.5 Å². The minimum Gasteiger partial charge on any atom is -0.317 e. The Bertz CT molecular complexity index is 680. The lowest BCUT2D eigenvalue weighted by Crippen LogP contribution is -2.26. The molecule has 21 heavy (non-hydrogen) atoms. The van der Waals surface area contributed by atoms with Gasteiger partial charge in [0.1, 0.15) is 17.3 Å². The van der Waals surface area contributed by atoms with Crippen LogP contribution in [0.15, 0.2) is 36.4 Å². The van der Waals surface area contributed by atoms with E-state index in [-0.39, 0.29) is 0 Å². The first-order valence-electron chi connectivity index (χ1n) is 6.73. The number of nitrogens with one attached hydrogen (secondary N) is 2. The van der Waals surface area contributed by atoms with E-state index in [1.807, 2.05) is 6.07 Å². The summed E-state index contributed by atoms with van der Waals surface area (Å²) in [6, 6.07) is 8.89. The third kappa shape index (κ3) is 2.64. The van der Waals surface area contributed by atoms with Crippen molar-refractivity contribution >= 4 is 11.6 Å². The minimum atomic E-state index is -0.783. The molecule has 5 heteroatoms. The average Bonchev–Trinajstić information content (AvgIpc) is 2.50. The number of amides is 1. The monoisotopic (exact) mass is 288 g/mol. The fourth-order valence-corrected chi connectivity index (χ4v) is 2.54. The van der Waals surface area contributed by atoms with Crippen LogP contribution in [0, 0.1) is 11.6 Å². The van der Waals surface area contributed by atoms with Crippen LogP contribution in [0.3, 0.4) is 0 Å². The Balaban J connectivity index is 1.93. The molecule has 1 amide bonds. The van der Waals surface area contributed by atoms with Crippen LogP contribution in [-0.2, 0) is 13.0 Å². The van der Waals surface area contributed by atoms with Gasteiger partial charge in [-0.3, -0.25) is 4.79 Å². The van der Waals surface area contributed by atoms with E-state index in [1.54, 1.807) is 12.1 Å². The van der Waals surface area contributed by atoms with Gasteiger partial charge in [-0.1, -0.05) is 18.2 Å². The molecule has 0 saturated heterocycles. The standard InChI is InChI=1S/C16H14F2N2O/c17-13-5-2-6-14(18)15(13)20-16(21)12-4-1-3-10-9-19-8-7-11(10)12/h1-6,19H,7-9H2,(H,20,21). The van der Waals surface area contributed by atoms with Crippen LogP contribution in [0.4, 0.5) is 14.5 Å². The predicted molar refractivity (Wildman–Crippen MR) is 76.2 cm³/mol. The number of anilines is 1. The molecule has 108 valence electrons. The highest BCUT2D eigenvalue weighted by Crippen LogP contribution is 2.22. The van der Waals surface area contributed by atoms with Gasteiger partial charge in [-0.05, 0) is 42.3 Å². The highest BCUT2D eigenvalue weighted by atomic mass is 19.1. The SMILES string of the molecule is O=C(Nc1c(F)cccc1F)c1cccc2c1CCNC2. The first-order chi connectivity index (χ1) is 10.2. The minimum absolute atomic E-state index is 0.408. The molecule has 1 aliphatic heterocycles. The van der Waals surface area contributed by atoms with E-state index in [9.17, 15) is 13.6 Å². The van der Waals surface area contributed by atoms with Gasteiger partial charge < -0.3 is 10.6 Å². The summed E-state index contributed by atoms with van der Waals surface area (Å²) >= 11 is 0. The predicted octanol–water partition coefficient (Wildman–Crippen LogP) is 2.86. The molecule has 0 fully saturated rings. The smallest absolute Gasteiger partial charge is 0.256 e. The van der Waals surface area contributed by atoms with Crippen LogP contribution in [0.2, 0.25) is 0 Å². The topological polar surface area (TPSA) is 41.1 Å². The van der Waals surface area contributed by atoms with E-state index in [1.165, 1.54) is 6.07 Å². The summed E-state index contributed by atoms with van der Waals surface area (Å²) < 4.78 is 27.2. The molecule has 0 saturated carbocycles. The fraction of sp³-hybridized carbons (Fsp3) is 0.188. The largest absolute Gasteiger partial charge is 0.317 e. The van der Waals surface area contributed by atoms with Gasteiger partial charge in [0.05, 0.1) is 0 Å². The van der Waals surface area contributed by atoms with E-state index in [2.05, 4.69) is 10.6 Å². The molecule has 3 rings (SSSR count). The second-order valence-corrected chi connectivity index (χ2v) is 4.92. The molecule has 3 nitrogen and oxygen atoms in total. The maximum Gasteiger partial charge on any atom is 0.256 e. The number of halogens is 2. The van der Waals surface area contributed by atoms with E-state index in [0.717, 1.165) is 36.2 Å². The second-order valence-electron chi connectivity index (χ2n) is 4.92. The van der Waals surface area contributed by atoms with Gasteiger partial charge in [0, 0.05) is 12.1 Å². The lowest BCUT2D eigenvalue weighted by molar-refractivity contribution is 0.102. The molecule has 0 aliphatic carbocycles. The summed E-state index contributed by atoms with van der Waals surface area (Å²) in [5.74, 6) is -2.05. The number of fused-ring (bicyclic) bond motifs is 1. The lowest BCUT2D eigenvalue weighted by Gasteiger charge is -2.20. The van der Waals surface area contributed by atoms with Gasteiger partial charge in [0.25, 0.3) is 5.91 Å². The Morgan fingerprint density at radius 3 is 2.57 bits per heavy atom. The summed E-state index contributed by atoms with van der Waals surface area (Å²) in [7, 11) is 0. The molecule has 0 radical (unpaired) electrons. The third-order valence-corrected chi connectivity index (χ3v) is 3.59. The first-order valence-corrected chi connectivity index (χ1v) is 6.73. The van der Waals surface area contributed by atoms with E-state index >= 15 is 0 Å². The molecular weight excluding hydrogens is 274 g/mol. The highest BCUT2D eigenvalue weighted by Gasteiger charge is 2.19. The van der Waals surface area contributed by atoms with Gasteiger partial charge in [-0.2, -0.15) is 0 Å². The van der Waals surface area contributed by atoms with Crippen LogP contribution >= 0.6 is 0 Å². The fourth-order valence-electron chi connectivity index (χ4n) is 2.54. The van der Waals surface area contributed by atoms with Gasteiger partial charge in [0.15, 0.2) is 0 Å². The summed E-state index contributed by atoms with van der Waals surface area (Å²) in [6.45, 7) is 1.48. The molecule has 0 aromatic heterocycles. The summed E-state index contributed by atoms with van der Waals surface area (Å²) in [6.07, 6.45) is 0.721. The van der Waals surface area contributed by atoms with Crippen molar-refractivity contribution in [2.75, 3.05) is 11.9 Å². The first kappa shape index (κ1) is 13.7. The van der Waals surface area contributed by atoms with Gasteiger partial charge in [-0.15, -0.1) is 0 Å². The molecule has 0 bridgehead atoms. The van der Waals surface area contributed by atoms with Crippen molar-refractivity contribution in [1.29, 1.82) is 0 Å². The molecule has 1 aliphatic rings. The summed E-state index contributed by atoms with van der Waals surface area (Å²) in [5.41, 5.74) is 2.04. The Morgan fingerprint density at radius 1 is 1.10 bits per heavy atom. The van der Waals surface area contributed by atoms with Gasteiger partial charge in [0.2, 0.25) is 0 Å². The summed E-state index contributed by atoms with van der Waals surface area (Å²) in [5, 5.41) is 5.56. The molecule has 1 heterocycles. The van der Waals surface area contributed by atoms with E-state index in [4.69, 9.17) is 0 Å². The van der Waals surface area contributed by atoms with E-state index < -0.39 is 23.2 Å². The van der Waals surface area contributed by atoms with Crippen molar-refractivity contribution in [2.24, 2.45) is 0 Å². The van der Waals surface area contributed by atoms with Crippen LogP contribution in [0.5, 0.6) is 0 Å². The normalized spacial score (nSPS) is 13.6. The number of carbonyl (C=O) groups excluding carboxylic acids is 1. The van der Waals surface area contributed by atoms with Crippen molar-refractivity contribution < 1.29 is 13.6 Å². The Hall–Kier alpha value is -2.27. The molecule has 2 N–H and O–H groups in total. The molecule has 0 atom stereocenters. The van der Waals surface area contributed by atoms with Crippen LogP contribution in [0.25, 0.3) is 0 Å². The molecular formula is C16H14F2N2O. The van der Waals surface area contributed by atoms with Crippen LogP contribution < -0.4 is 10.6 Å². The molecule has 2 aromatic carbocycles. The molecule has 0 spiro atoms. The Morgan fingerprint density at radius 2 is 1.81 bits per heavy atom. The van der Waals surface area contributed by atoms with Gasteiger partial charge >= 0.3 is 0 Å². The average molecular weight is 288 g/mol. The van der Waals surface area contributed by atoms with Crippen molar-refractivity contribution in [1.82, 2.24) is 5.32 Å². The third-order valence-electron chi connectivity index (χ3n) is 3.59. The lowest BCUT2D eigenvalue weighted by atomic mass is 9.95. The maximum atomic E-state index is 13.6. The van der Waals surface area contributed by atoms with Crippen molar-refractivity contribution in [3.05, 3.63) is 64.7 Å². The summed E-state index contributed by atoms with van der Waals surface area (Å²) in [4.78, 5) is 12.3. The number of para-hydroxylation sites is 1. The number of hydrogen-bond acceptors (Lipinski definition) is 2. The number of benzene rings is 2. The van der Waals surface area contributed by atoms with Crippen molar-refractivity contribution in [3.8, 4) is 0 Å². The number of hydrogen-bond donors (Lipinski definition) is 2. The zero-order valence-corrected chi connectivity index (χ0v) is 11.2. The molecule has 2 aromatic rings.